The fourth-order valence-corrected chi connectivity index (χ4v) is 4.84. The Hall–Kier alpha value is -0.470. The highest BCUT2D eigenvalue weighted by Gasteiger charge is 2.24. The highest BCUT2D eigenvalue weighted by molar-refractivity contribution is 7.89. The van der Waals surface area contributed by atoms with E-state index in [1.54, 1.807) is 11.4 Å². The number of nitrogens with zero attached hydrogens (tertiary/aromatic N) is 1. The highest BCUT2D eigenvalue weighted by atomic mass is 32.2. The molecule has 1 aliphatic rings. The van der Waals surface area contributed by atoms with E-state index in [0.29, 0.717) is 17.5 Å². The number of thiophene rings is 1. The molecular formula is C14H25N3O2S2. The molecule has 0 bridgehead atoms. The molecule has 1 aliphatic heterocycles. The second kappa shape index (κ2) is 7.19. The van der Waals surface area contributed by atoms with Crippen molar-refractivity contribution in [1.82, 2.24) is 14.9 Å². The van der Waals surface area contributed by atoms with Crippen LogP contribution in [0.3, 0.4) is 0 Å². The number of nitrogens with one attached hydrogen (secondary N) is 2. The zero-order chi connectivity index (χ0) is 15.5. The molecular weight excluding hydrogens is 306 g/mol. The monoisotopic (exact) mass is 331 g/mol. The maximum Gasteiger partial charge on any atom is 0.241 e. The summed E-state index contributed by atoms with van der Waals surface area (Å²) in [5, 5.41) is 5.03. The predicted octanol–water partition coefficient (Wildman–Crippen LogP) is 1.62. The minimum atomic E-state index is -3.38. The van der Waals surface area contributed by atoms with E-state index in [1.165, 1.54) is 11.3 Å². The van der Waals surface area contributed by atoms with E-state index in [1.807, 2.05) is 0 Å². The molecule has 7 heteroatoms. The molecule has 2 rings (SSSR count). The summed E-state index contributed by atoms with van der Waals surface area (Å²) in [6, 6.07) is 2.23. The second-order valence-electron chi connectivity index (χ2n) is 5.98. The summed E-state index contributed by atoms with van der Waals surface area (Å²) in [5.74, 6) is 0. The highest BCUT2D eigenvalue weighted by Crippen LogP contribution is 2.20. The van der Waals surface area contributed by atoms with Crippen LogP contribution in [-0.2, 0) is 16.6 Å². The van der Waals surface area contributed by atoms with E-state index in [-0.39, 0.29) is 6.04 Å². The van der Waals surface area contributed by atoms with Gasteiger partial charge in [-0.25, -0.2) is 13.1 Å². The van der Waals surface area contributed by atoms with Crippen LogP contribution in [0.5, 0.6) is 0 Å². The molecule has 0 spiro atoms. The van der Waals surface area contributed by atoms with Crippen molar-refractivity contribution in [3.8, 4) is 0 Å². The predicted molar refractivity (Wildman–Crippen MR) is 87.1 cm³/mol. The quantitative estimate of drug-likeness (QED) is 0.831. The van der Waals surface area contributed by atoms with Crippen LogP contribution in [0.4, 0.5) is 0 Å². The van der Waals surface area contributed by atoms with Crippen LogP contribution in [0.1, 0.15) is 31.6 Å². The Morgan fingerprint density at radius 2 is 2.05 bits per heavy atom. The summed E-state index contributed by atoms with van der Waals surface area (Å²) in [5.41, 5.74) is 0. The minimum absolute atomic E-state index is 0.0586. The van der Waals surface area contributed by atoms with Gasteiger partial charge in [0.05, 0.1) is 4.90 Å². The Labute approximate surface area is 131 Å². The van der Waals surface area contributed by atoms with Crippen molar-refractivity contribution in [2.24, 2.45) is 0 Å². The molecule has 0 amide bonds. The Balaban J connectivity index is 1.96. The summed E-state index contributed by atoms with van der Waals surface area (Å²) in [4.78, 5) is 3.67. The van der Waals surface area contributed by atoms with Crippen molar-refractivity contribution in [2.45, 2.75) is 50.2 Å². The zero-order valence-electron chi connectivity index (χ0n) is 12.9. The average molecular weight is 332 g/mol. The number of hydrogen-bond acceptors (Lipinski definition) is 5. The second-order valence-corrected chi connectivity index (χ2v) is 8.69. The maximum atomic E-state index is 12.4. The lowest BCUT2D eigenvalue weighted by Gasteiger charge is -2.29. The van der Waals surface area contributed by atoms with Crippen LogP contribution in [0.25, 0.3) is 0 Å². The lowest BCUT2D eigenvalue weighted by atomic mass is 10.1. The van der Waals surface area contributed by atoms with Gasteiger partial charge >= 0.3 is 0 Å². The van der Waals surface area contributed by atoms with E-state index in [4.69, 9.17) is 0 Å². The summed E-state index contributed by atoms with van der Waals surface area (Å²) >= 11 is 1.49. The molecule has 0 atom stereocenters. The molecule has 0 saturated carbocycles. The van der Waals surface area contributed by atoms with Gasteiger partial charge in [0.25, 0.3) is 0 Å². The zero-order valence-corrected chi connectivity index (χ0v) is 14.6. The van der Waals surface area contributed by atoms with Crippen molar-refractivity contribution in [2.75, 3.05) is 20.1 Å². The molecule has 0 aliphatic carbocycles. The number of rotatable bonds is 6. The number of likely N-dealkylation sites (tertiary alicyclic amines) is 1. The summed E-state index contributed by atoms with van der Waals surface area (Å²) in [7, 11) is -1.31. The molecule has 0 aromatic carbocycles. The lowest BCUT2D eigenvalue weighted by Crippen LogP contribution is -2.43. The normalized spacial score (nSPS) is 18.5. The van der Waals surface area contributed by atoms with Gasteiger partial charge in [-0.15, -0.1) is 11.3 Å². The van der Waals surface area contributed by atoms with Crippen LogP contribution in [0.2, 0.25) is 0 Å². The standard InChI is InChI=1S/C14H25N3O2S2/c1-11(2)15-9-13-8-14(10-20-13)21(18,19)16-12-4-6-17(3)7-5-12/h8,10-12,15-16H,4-7,9H2,1-3H3. The third-order valence-corrected chi connectivity index (χ3v) is 6.25. The SMILES string of the molecule is CC(C)NCc1cc(S(=O)(=O)NC2CCN(C)CC2)cs1. The largest absolute Gasteiger partial charge is 0.310 e. The molecule has 1 aromatic heterocycles. The van der Waals surface area contributed by atoms with Gasteiger partial charge in [-0.05, 0) is 39.0 Å². The molecule has 0 radical (unpaired) electrons. The number of piperidine rings is 1. The van der Waals surface area contributed by atoms with Crippen molar-refractivity contribution in [3.63, 3.8) is 0 Å². The Kier molecular flexibility index (Phi) is 5.79. The van der Waals surface area contributed by atoms with Crippen LogP contribution >= 0.6 is 11.3 Å². The molecule has 2 heterocycles. The van der Waals surface area contributed by atoms with E-state index in [0.717, 1.165) is 30.8 Å². The Morgan fingerprint density at radius 1 is 1.38 bits per heavy atom. The fourth-order valence-electron chi connectivity index (χ4n) is 2.31. The van der Waals surface area contributed by atoms with Crippen molar-refractivity contribution in [3.05, 3.63) is 16.3 Å². The van der Waals surface area contributed by atoms with Gasteiger partial charge in [-0.2, -0.15) is 0 Å². The summed E-state index contributed by atoms with van der Waals surface area (Å²) < 4.78 is 27.6. The van der Waals surface area contributed by atoms with E-state index in [9.17, 15) is 8.42 Å². The minimum Gasteiger partial charge on any atom is -0.310 e. The van der Waals surface area contributed by atoms with Gasteiger partial charge in [-0.1, -0.05) is 13.8 Å². The van der Waals surface area contributed by atoms with E-state index in [2.05, 4.69) is 35.8 Å². The topological polar surface area (TPSA) is 61.4 Å². The van der Waals surface area contributed by atoms with Crippen LogP contribution < -0.4 is 10.0 Å². The van der Waals surface area contributed by atoms with Gasteiger partial charge < -0.3 is 10.2 Å². The molecule has 5 nitrogen and oxygen atoms in total. The Bertz CT molecular complexity index is 546. The molecule has 2 N–H and O–H groups in total. The molecule has 1 fully saturated rings. The van der Waals surface area contributed by atoms with Gasteiger partial charge in [0.1, 0.15) is 0 Å². The Morgan fingerprint density at radius 3 is 2.67 bits per heavy atom. The lowest BCUT2D eigenvalue weighted by molar-refractivity contribution is 0.248. The van der Waals surface area contributed by atoms with Gasteiger partial charge in [0.15, 0.2) is 0 Å². The molecule has 120 valence electrons. The van der Waals surface area contributed by atoms with E-state index < -0.39 is 10.0 Å². The molecule has 1 aromatic rings. The smallest absolute Gasteiger partial charge is 0.241 e. The molecule has 21 heavy (non-hydrogen) atoms. The molecule has 1 saturated heterocycles. The third-order valence-electron chi connectivity index (χ3n) is 3.66. The maximum absolute atomic E-state index is 12.4. The van der Waals surface area contributed by atoms with Crippen molar-refractivity contribution >= 4 is 21.4 Å². The van der Waals surface area contributed by atoms with Crippen molar-refractivity contribution < 1.29 is 8.42 Å². The summed E-state index contributed by atoms with van der Waals surface area (Å²) in [6.07, 6.45) is 1.75. The van der Waals surface area contributed by atoms with Crippen LogP contribution in [0, 0.1) is 0 Å². The fraction of sp³-hybridized carbons (Fsp3) is 0.714. The van der Waals surface area contributed by atoms with Gasteiger partial charge in [-0.3, -0.25) is 0 Å². The average Bonchev–Trinajstić information content (AvgIpc) is 2.88. The van der Waals surface area contributed by atoms with Crippen molar-refractivity contribution in [1.29, 1.82) is 0 Å². The van der Waals surface area contributed by atoms with Gasteiger partial charge in [0.2, 0.25) is 10.0 Å². The van der Waals surface area contributed by atoms with Crippen LogP contribution in [-0.4, -0.2) is 45.5 Å². The van der Waals surface area contributed by atoms with E-state index >= 15 is 0 Å². The number of hydrogen-bond donors (Lipinski definition) is 2. The first-order chi connectivity index (χ1) is 9.87. The van der Waals surface area contributed by atoms with Gasteiger partial charge in [0, 0.05) is 28.9 Å². The third kappa shape index (κ3) is 5.03. The number of sulfonamides is 1. The first-order valence-corrected chi connectivity index (χ1v) is 9.75. The summed E-state index contributed by atoms with van der Waals surface area (Å²) in [6.45, 7) is 6.76. The first kappa shape index (κ1) is 16.9. The first-order valence-electron chi connectivity index (χ1n) is 7.38. The molecule has 0 unspecified atom stereocenters. The van der Waals surface area contributed by atoms with Crippen LogP contribution in [0.15, 0.2) is 16.3 Å².